The van der Waals surface area contributed by atoms with Crippen LogP contribution in [0.25, 0.3) is 0 Å². The van der Waals surface area contributed by atoms with Crippen molar-refractivity contribution in [2.24, 2.45) is 0 Å². The van der Waals surface area contributed by atoms with Gasteiger partial charge in [-0.1, -0.05) is 0 Å². The molecule has 0 aromatic heterocycles. The molecule has 4 nitrogen and oxygen atoms in total. The third-order valence-corrected chi connectivity index (χ3v) is 17.1. The Morgan fingerprint density at radius 1 is 0.824 bits per heavy atom. The van der Waals surface area contributed by atoms with E-state index in [1.54, 1.807) is 0 Å². The monoisotopic (exact) mass is 310 g/mol. The molecule has 8 heteroatoms. The van der Waals surface area contributed by atoms with Crippen molar-refractivity contribution in [2.45, 2.75) is 58.4 Å². The summed E-state index contributed by atoms with van der Waals surface area (Å²) >= 11 is 0. The second-order valence-corrected chi connectivity index (χ2v) is 18.5. The van der Waals surface area contributed by atoms with Crippen LogP contribution in [-0.2, 0) is 16.8 Å². The lowest BCUT2D eigenvalue weighted by Crippen LogP contribution is -2.53. The Kier molecular flexibility index (Phi) is 4.64. The molecule has 1 aliphatic heterocycles. The third kappa shape index (κ3) is 4.71. The van der Waals surface area contributed by atoms with Crippen LogP contribution in [0.15, 0.2) is 0 Å². The third-order valence-electron chi connectivity index (χ3n) is 2.85. The second-order valence-electron chi connectivity index (χ2n) is 6.07. The zero-order chi connectivity index (χ0) is 13.5. The van der Waals surface area contributed by atoms with Crippen molar-refractivity contribution >= 4 is 35.4 Å². The van der Waals surface area contributed by atoms with Gasteiger partial charge in [0, 0.05) is 0 Å². The van der Waals surface area contributed by atoms with E-state index >= 15 is 0 Å². The summed E-state index contributed by atoms with van der Waals surface area (Å²) in [6.07, 6.45) is 0. The van der Waals surface area contributed by atoms with Gasteiger partial charge in [0.1, 0.15) is 0 Å². The number of hydrogen-bond acceptors (Lipinski definition) is 4. The smallest absolute Gasteiger partial charge is 0.323 e. The number of hydrogen-bond donors (Lipinski definition) is 0. The molecule has 0 N–H and O–H groups in total. The molecular weight excluding hydrogens is 284 g/mol. The molecule has 0 saturated carbocycles. The fourth-order valence-electron chi connectivity index (χ4n) is 2.16. The maximum atomic E-state index is 6.25. The van der Waals surface area contributed by atoms with Crippen molar-refractivity contribution in [2.75, 3.05) is 0 Å². The molecule has 2 atom stereocenters. The van der Waals surface area contributed by atoms with E-state index in [2.05, 4.69) is 53.1 Å². The molecule has 0 aromatic rings. The Bertz CT molecular complexity index is 282. The molecule has 102 valence electrons. The lowest BCUT2D eigenvalue weighted by Gasteiger charge is -2.37. The van der Waals surface area contributed by atoms with E-state index in [-0.39, 0.29) is 5.22 Å². The van der Waals surface area contributed by atoms with E-state index in [0.29, 0.717) is 0 Å². The van der Waals surface area contributed by atoms with E-state index in [4.69, 9.17) is 16.8 Å². The van der Waals surface area contributed by atoms with Crippen molar-refractivity contribution in [1.82, 2.24) is 0 Å². The van der Waals surface area contributed by atoms with Gasteiger partial charge in [-0.25, -0.2) is 0 Å². The van der Waals surface area contributed by atoms with Crippen molar-refractivity contribution in [3.05, 3.63) is 0 Å². The summed E-state index contributed by atoms with van der Waals surface area (Å²) in [5.74, 6) is 0. The van der Waals surface area contributed by atoms with Gasteiger partial charge < -0.3 is 16.8 Å². The lowest BCUT2D eigenvalue weighted by molar-refractivity contribution is 0.134. The fourth-order valence-corrected chi connectivity index (χ4v) is 17.4. The van der Waals surface area contributed by atoms with Crippen LogP contribution in [0.5, 0.6) is 0 Å². The zero-order valence-corrected chi connectivity index (χ0v) is 16.6. The largest absolute Gasteiger partial charge is 0.437 e. The van der Waals surface area contributed by atoms with Crippen LogP contribution in [-0.4, -0.2) is 40.7 Å². The Morgan fingerprint density at radius 3 is 1.82 bits per heavy atom. The van der Waals surface area contributed by atoms with Gasteiger partial charge in [0.25, 0.3) is 0 Å². The summed E-state index contributed by atoms with van der Waals surface area (Å²) in [7, 11) is -7.22. The minimum atomic E-state index is -2.09. The van der Waals surface area contributed by atoms with Crippen molar-refractivity contribution in [3.8, 4) is 0 Å². The molecule has 1 heterocycles. The topological polar surface area (TPSA) is 36.9 Å². The molecule has 0 aromatic carbocycles. The van der Waals surface area contributed by atoms with E-state index in [0.717, 1.165) is 0 Å². The van der Waals surface area contributed by atoms with Gasteiger partial charge in [0.15, 0.2) is 9.04 Å². The SMILES string of the molecule is C[SiH]1O[Si](C)(C)O[SiH](C)C(C)(C)O[Si](C)(C)O1. The predicted octanol–water partition coefficient (Wildman–Crippen LogP) is 1.99. The first kappa shape index (κ1) is 15.8. The normalized spacial score (nSPS) is 36.7. The highest BCUT2D eigenvalue weighted by Gasteiger charge is 2.45. The molecule has 0 bridgehead atoms. The zero-order valence-electron chi connectivity index (χ0n) is 12.3. The van der Waals surface area contributed by atoms with E-state index < -0.39 is 35.4 Å². The average Bonchev–Trinajstić information content (AvgIpc) is 1.96. The molecular formula is C9H26O4Si4. The summed E-state index contributed by atoms with van der Waals surface area (Å²) in [5, 5.41) is -0.193. The maximum Gasteiger partial charge on any atom is 0.323 e. The van der Waals surface area contributed by atoms with Gasteiger partial charge in [-0.15, -0.1) is 0 Å². The molecule has 2 unspecified atom stereocenters. The molecule has 0 spiro atoms. The Morgan fingerprint density at radius 2 is 1.29 bits per heavy atom. The Labute approximate surface area is 111 Å². The van der Waals surface area contributed by atoms with E-state index in [1.807, 2.05) is 0 Å². The summed E-state index contributed by atoms with van der Waals surface area (Å²) < 4.78 is 24.7. The highest BCUT2D eigenvalue weighted by atomic mass is 28.5. The van der Waals surface area contributed by atoms with Gasteiger partial charge in [-0.05, 0) is 53.1 Å². The van der Waals surface area contributed by atoms with Gasteiger partial charge in [0.2, 0.25) is 0 Å². The fraction of sp³-hybridized carbons (Fsp3) is 1.00. The molecule has 0 aliphatic carbocycles. The highest BCUT2D eigenvalue weighted by Crippen LogP contribution is 2.27. The van der Waals surface area contributed by atoms with Crippen LogP contribution in [0.2, 0.25) is 39.3 Å². The van der Waals surface area contributed by atoms with Crippen LogP contribution in [0.4, 0.5) is 0 Å². The molecule has 1 fully saturated rings. The Hall–Kier alpha value is 0.708. The summed E-state index contributed by atoms with van der Waals surface area (Å²) in [5.41, 5.74) is 0. The van der Waals surface area contributed by atoms with Crippen molar-refractivity contribution in [1.29, 1.82) is 0 Å². The Balaban J connectivity index is 2.98. The lowest BCUT2D eigenvalue weighted by atomic mass is 10.5. The van der Waals surface area contributed by atoms with Gasteiger partial charge in [0.05, 0.1) is 5.22 Å². The maximum absolute atomic E-state index is 6.25. The van der Waals surface area contributed by atoms with Gasteiger partial charge in [-0.3, -0.25) is 0 Å². The summed E-state index contributed by atoms with van der Waals surface area (Å²) in [4.78, 5) is 0. The first-order chi connectivity index (χ1) is 7.44. The molecule has 0 radical (unpaired) electrons. The molecule has 17 heavy (non-hydrogen) atoms. The quantitative estimate of drug-likeness (QED) is 0.641. The summed E-state index contributed by atoms with van der Waals surface area (Å²) in [6, 6.07) is 0. The van der Waals surface area contributed by atoms with Gasteiger partial charge >= 0.3 is 26.4 Å². The second kappa shape index (κ2) is 5.00. The standard InChI is InChI=1S/C9H26O4Si4/c1-9(2)10-16(5,6)12-15(4)13-17(7,8)11-14(9)3/h14-15H,1-8H3. The van der Waals surface area contributed by atoms with E-state index in [9.17, 15) is 0 Å². The molecule has 1 rings (SSSR count). The van der Waals surface area contributed by atoms with Crippen molar-refractivity contribution in [3.63, 3.8) is 0 Å². The minimum absolute atomic E-state index is 0.193. The first-order valence-corrected chi connectivity index (χ1v) is 16.1. The van der Waals surface area contributed by atoms with E-state index in [1.165, 1.54) is 0 Å². The van der Waals surface area contributed by atoms with Crippen LogP contribution in [0.1, 0.15) is 13.8 Å². The van der Waals surface area contributed by atoms with Gasteiger partial charge in [-0.2, -0.15) is 0 Å². The average molecular weight is 311 g/mol. The number of rotatable bonds is 0. The van der Waals surface area contributed by atoms with Crippen LogP contribution in [0, 0.1) is 0 Å². The first-order valence-electron chi connectivity index (χ1n) is 6.17. The predicted molar refractivity (Wildman–Crippen MR) is 79.4 cm³/mol. The van der Waals surface area contributed by atoms with Crippen molar-refractivity contribution < 1.29 is 16.8 Å². The highest BCUT2D eigenvalue weighted by molar-refractivity contribution is 6.81. The van der Waals surface area contributed by atoms with Crippen LogP contribution < -0.4 is 0 Å². The molecule has 0 amide bonds. The molecule has 1 saturated heterocycles. The summed E-state index contributed by atoms with van der Waals surface area (Å²) in [6.45, 7) is 16.9. The van der Waals surface area contributed by atoms with Crippen LogP contribution in [0.3, 0.4) is 0 Å². The van der Waals surface area contributed by atoms with Crippen LogP contribution >= 0.6 is 0 Å². The molecule has 1 aliphatic rings. The minimum Gasteiger partial charge on any atom is -0.437 e.